The van der Waals surface area contributed by atoms with Gasteiger partial charge in [-0.25, -0.2) is 9.86 Å². The molecule has 0 fully saturated rings. The fraction of sp³-hybridized carbons (Fsp3) is 0.833. The Kier molecular flexibility index (Phi) is 7.30. The molecule has 0 aliphatic heterocycles. The molecule has 0 radical (unpaired) electrons. The second-order valence-corrected chi connectivity index (χ2v) is 8.90. The SMILES string of the molecule is CCC(C)C(C(=O)O)N(O)C(=O)CCCP(C)(C)=O. The summed E-state index contributed by atoms with van der Waals surface area (Å²) in [6.07, 6.45) is 1.34. The van der Waals surface area contributed by atoms with E-state index in [0.717, 1.165) is 0 Å². The number of hydrogen-bond donors (Lipinski definition) is 2. The van der Waals surface area contributed by atoms with Gasteiger partial charge in [0.2, 0.25) is 5.91 Å². The molecule has 1 amide bonds. The van der Waals surface area contributed by atoms with Gasteiger partial charge in [0.05, 0.1) is 7.14 Å². The maximum Gasteiger partial charge on any atom is 0.329 e. The number of hydroxylamine groups is 2. The van der Waals surface area contributed by atoms with Crippen molar-refractivity contribution in [1.82, 2.24) is 5.06 Å². The van der Waals surface area contributed by atoms with Crippen LogP contribution in [0.3, 0.4) is 0 Å². The summed E-state index contributed by atoms with van der Waals surface area (Å²) < 4.78 is 11.5. The maximum atomic E-state index is 11.7. The zero-order valence-corrected chi connectivity index (χ0v) is 12.9. The van der Waals surface area contributed by atoms with Crippen LogP contribution in [0.25, 0.3) is 0 Å². The first-order valence-corrected chi connectivity index (χ1v) is 9.16. The Hall–Kier alpha value is -0.870. The van der Waals surface area contributed by atoms with Gasteiger partial charge in [-0.3, -0.25) is 10.0 Å². The molecule has 0 saturated carbocycles. The maximum absolute atomic E-state index is 11.7. The highest BCUT2D eigenvalue weighted by Gasteiger charge is 2.32. The van der Waals surface area contributed by atoms with E-state index in [1.54, 1.807) is 27.2 Å². The predicted octanol–water partition coefficient (Wildman–Crippen LogP) is 2.11. The van der Waals surface area contributed by atoms with Crippen molar-refractivity contribution < 1.29 is 24.5 Å². The summed E-state index contributed by atoms with van der Waals surface area (Å²) in [6, 6.07) is -1.23. The highest BCUT2D eigenvalue weighted by Crippen LogP contribution is 2.36. The summed E-state index contributed by atoms with van der Waals surface area (Å²) in [6.45, 7) is 6.73. The Balaban J connectivity index is 4.52. The molecule has 6 nitrogen and oxygen atoms in total. The quantitative estimate of drug-likeness (QED) is 0.406. The van der Waals surface area contributed by atoms with Gasteiger partial charge < -0.3 is 9.67 Å². The predicted molar refractivity (Wildman–Crippen MR) is 73.1 cm³/mol. The number of carbonyl (C=O) groups excluding carboxylic acids is 1. The average molecular weight is 293 g/mol. The normalized spacial score (nSPS) is 14.8. The molecule has 19 heavy (non-hydrogen) atoms. The fourth-order valence-corrected chi connectivity index (χ4v) is 2.61. The topological polar surface area (TPSA) is 94.9 Å². The molecular formula is C12H24NO5P. The Morgan fingerprint density at radius 1 is 1.32 bits per heavy atom. The number of hydrogen-bond acceptors (Lipinski definition) is 4. The van der Waals surface area contributed by atoms with Gasteiger partial charge in [-0.1, -0.05) is 20.3 Å². The first-order valence-electron chi connectivity index (χ1n) is 6.38. The minimum atomic E-state index is -2.19. The summed E-state index contributed by atoms with van der Waals surface area (Å²) >= 11 is 0. The molecule has 0 aromatic carbocycles. The van der Waals surface area contributed by atoms with Crippen LogP contribution in [-0.4, -0.2) is 52.8 Å². The first-order chi connectivity index (χ1) is 8.60. The van der Waals surface area contributed by atoms with Crippen molar-refractivity contribution in [3.63, 3.8) is 0 Å². The van der Waals surface area contributed by atoms with Crippen LogP contribution in [0.15, 0.2) is 0 Å². The number of nitrogens with zero attached hydrogens (tertiary/aromatic N) is 1. The van der Waals surface area contributed by atoms with Gasteiger partial charge in [-0.2, -0.15) is 0 Å². The van der Waals surface area contributed by atoms with Crippen LogP contribution in [0.1, 0.15) is 33.1 Å². The Bertz CT molecular complexity index is 365. The van der Waals surface area contributed by atoms with E-state index in [2.05, 4.69) is 0 Å². The molecular weight excluding hydrogens is 269 g/mol. The van der Waals surface area contributed by atoms with Gasteiger partial charge in [-0.15, -0.1) is 0 Å². The molecule has 112 valence electrons. The van der Waals surface area contributed by atoms with Crippen LogP contribution in [0, 0.1) is 5.92 Å². The third-order valence-corrected chi connectivity index (χ3v) is 4.44. The van der Waals surface area contributed by atoms with Crippen LogP contribution < -0.4 is 0 Å². The largest absolute Gasteiger partial charge is 0.480 e. The summed E-state index contributed by atoms with van der Waals surface area (Å²) in [5.41, 5.74) is 0. The number of rotatable bonds is 8. The molecule has 0 saturated heterocycles. The van der Waals surface area contributed by atoms with E-state index in [1.807, 2.05) is 0 Å². The Morgan fingerprint density at radius 2 is 1.84 bits per heavy atom. The highest BCUT2D eigenvalue weighted by atomic mass is 31.2. The van der Waals surface area contributed by atoms with Crippen molar-refractivity contribution >= 4 is 19.0 Å². The smallest absolute Gasteiger partial charge is 0.329 e. The van der Waals surface area contributed by atoms with Crippen LogP contribution >= 0.6 is 7.14 Å². The van der Waals surface area contributed by atoms with Crippen LogP contribution in [0.5, 0.6) is 0 Å². The van der Waals surface area contributed by atoms with Crippen LogP contribution in [0.2, 0.25) is 0 Å². The molecule has 7 heteroatoms. The molecule has 0 aliphatic carbocycles. The lowest BCUT2D eigenvalue weighted by Gasteiger charge is -2.27. The molecule has 0 bridgehead atoms. The van der Waals surface area contributed by atoms with Crippen molar-refractivity contribution in [3.8, 4) is 0 Å². The van der Waals surface area contributed by atoms with E-state index in [9.17, 15) is 19.4 Å². The van der Waals surface area contributed by atoms with Gasteiger partial charge in [0, 0.05) is 12.6 Å². The van der Waals surface area contributed by atoms with Crippen molar-refractivity contribution in [2.24, 2.45) is 5.92 Å². The standard InChI is InChI=1S/C12H24NO5P/c1-5-9(2)11(12(15)16)13(17)10(14)7-6-8-19(3,4)18/h9,11,17H,5-8H2,1-4H3,(H,15,16). The molecule has 0 spiro atoms. The fourth-order valence-electron chi connectivity index (χ4n) is 1.69. The molecule has 2 N–H and O–H groups in total. The number of aliphatic carboxylic acids is 1. The van der Waals surface area contributed by atoms with E-state index in [0.29, 0.717) is 24.1 Å². The molecule has 0 aromatic heterocycles. The summed E-state index contributed by atoms with van der Waals surface area (Å²) in [4.78, 5) is 22.8. The molecule has 0 aliphatic rings. The summed E-state index contributed by atoms with van der Waals surface area (Å²) in [7, 11) is -2.19. The second kappa shape index (κ2) is 7.65. The van der Waals surface area contributed by atoms with Crippen molar-refractivity contribution in [3.05, 3.63) is 0 Å². The summed E-state index contributed by atoms with van der Waals surface area (Å²) in [5.74, 6) is -2.20. The lowest BCUT2D eigenvalue weighted by molar-refractivity contribution is -0.190. The third kappa shape index (κ3) is 6.73. The molecule has 2 atom stereocenters. The van der Waals surface area contributed by atoms with E-state index in [4.69, 9.17) is 5.11 Å². The average Bonchev–Trinajstić information content (AvgIpc) is 2.26. The number of carboxylic acids is 1. The minimum absolute atomic E-state index is 0.00237. The van der Waals surface area contributed by atoms with E-state index in [-0.39, 0.29) is 12.3 Å². The Labute approximate surface area is 114 Å². The third-order valence-electron chi connectivity index (χ3n) is 3.04. The molecule has 0 rings (SSSR count). The van der Waals surface area contributed by atoms with Gasteiger partial charge >= 0.3 is 5.97 Å². The van der Waals surface area contributed by atoms with Gasteiger partial charge in [0.15, 0.2) is 6.04 Å². The van der Waals surface area contributed by atoms with Crippen molar-refractivity contribution in [2.45, 2.75) is 39.2 Å². The lowest BCUT2D eigenvalue weighted by Crippen LogP contribution is -2.46. The highest BCUT2D eigenvalue weighted by molar-refractivity contribution is 7.62. The molecule has 0 aromatic rings. The van der Waals surface area contributed by atoms with E-state index >= 15 is 0 Å². The van der Waals surface area contributed by atoms with Crippen molar-refractivity contribution in [1.29, 1.82) is 0 Å². The zero-order valence-electron chi connectivity index (χ0n) is 12.0. The van der Waals surface area contributed by atoms with Gasteiger partial charge in [-0.05, 0) is 25.7 Å². The number of carboxylic acid groups (broad SMARTS) is 1. The Morgan fingerprint density at radius 3 is 2.21 bits per heavy atom. The molecule has 2 unspecified atom stereocenters. The minimum Gasteiger partial charge on any atom is -0.480 e. The molecule has 0 heterocycles. The zero-order chi connectivity index (χ0) is 15.2. The van der Waals surface area contributed by atoms with E-state index in [1.165, 1.54) is 0 Å². The van der Waals surface area contributed by atoms with Crippen LogP contribution in [0.4, 0.5) is 0 Å². The number of carbonyl (C=O) groups is 2. The lowest BCUT2D eigenvalue weighted by atomic mass is 9.99. The van der Waals surface area contributed by atoms with Gasteiger partial charge in [0.25, 0.3) is 0 Å². The van der Waals surface area contributed by atoms with E-state index < -0.39 is 25.1 Å². The monoisotopic (exact) mass is 293 g/mol. The first kappa shape index (κ1) is 18.1. The van der Waals surface area contributed by atoms with Crippen molar-refractivity contribution in [2.75, 3.05) is 19.5 Å². The van der Waals surface area contributed by atoms with Gasteiger partial charge in [0.1, 0.15) is 0 Å². The summed E-state index contributed by atoms with van der Waals surface area (Å²) in [5, 5.41) is 19.1. The second-order valence-electron chi connectivity index (χ2n) is 5.31. The van der Waals surface area contributed by atoms with Crippen LogP contribution in [-0.2, 0) is 14.2 Å². The number of amides is 1.